The molecule has 2 heterocycles. The Balaban J connectivity index is 1.70. The third-order valence-electron chi connectivity index (χ3n) is 4.99. The van der Waals surface area contributed by atoms with Crippen LogP contribution in [0.25, 0.3) is 0 Å². The van der Waals surface area contributed by atoms with Gasteiger partial charge in [0, 0.05) is 18.7 Å². The van der Waals surface area contributed by atoms with E-state index in [9.17, 15) is 4.79 Å². The number of carbonyl (C=O) groups is 1. The lowest BCUT2D eigenvalue weighted by atomic mass is 9.86. The first-order valence-corrected chi connectivity index (χ1v) is 8.05. The van der Waals surface area contributed by atoms with Gasteiger partial charge in [-0.25, -0.2) is 0 Å². The molecule has 2 saturated heterocycles. The van der Waals surface area contributed by atoms with Crippen molar-refractivity contribution in [3.8, 4) is 0 Å². The average Bonchev–Trinajstić information content (AvgIpc) is 2.93. The standard InChI is InChI=1S/C18H26N2O/c1-18(2,3)16-6-4-13(5-7-16)17(21)20-9-8-14-10-19-11-15(14)12-20/h4-7,14-15,19H,8-12H2,1-3H3. The highest BCUT2D eigenvalue weighted by Crippen LogP contribution is 2.28. The average molecular weight is 286 g/mol. The molecule has 114 valence electrons. The highest BCUT2D eigenvalue weighted by atomic mass is 16.2. The fourth-order valence-corrected chi connectivity index (χ4v) is 3.51. The predicted octanol–water partition coefficient (Wildman–Crippen LogP) is 2.67. The van der Waals surface area contributed by atoms with Gasteiger partial charge >= 0.3 is 0 Å². The Hall–Kier alpha value is -1.35. The molecule has 0 aliphatic carbocycles. The lowest BCUT2D eigenvalue weighted by Gasteiger charge is -2.34. The van der Waals surface area contributed by atoms with Gasteiger partial charge in [-0.05, 0) is 54.5 Å². The molecule has 1 aromatic rings. The molecule has 2 atom stereocenters. The number of nitrogens with one attached hydrogen (secondary N) is 1. The molecule has 2 unspecified atom stereocenters. The van der Waals surface area contributed by atoms with Crippen LogP contribution in [-0.2, 0) is 5.41 Å². The molecule has 0 saturated carbocycles. The molecule has 0 aromatic heterocycles. The predicted molar refractivity (Wildman–Crippen MR) is 85.5 cm³/mol. The van der Waals surface area contributed by atoms with Gasteiger partial charge in [-0.2, -0.15) is 0 Å². The maximum absolute atomic E-state index is 12.7. The highest BCUT2D eigenvalue weighted by molar-refractivity contribution is 5.94. The van der Waals surface area contributed by atoms with Gasteiger partial charge in [0.1, 0.15) is 0 Å². The van der Waals surface area contributed by atoms with Crippen LogP contribution in [0.5, 0.6) is 0 Å². The summed E-state index contributed by atoms with van der Waals surface area (Å²) in [5, 5.41) is 3.45. The van der Waals surface area contributed by atoms with Gasteiger partial charge in [-0.15, -0.1) is 0 Å². The maximum Gasteiger partial charge on any atom is 0.253 e. The van der Waals surface area contributed by atoms with Crippen LogP contribution in [0.2, 0.25) is 0 Å². The summed E-state index contributed by atoms with van der Waals surface area (Å²) in [5.41, 5.74) is 2.24. The monoisotopic (exact) mass is 286 g/mol. The number of fused-ring (bicyclic) bond motifs is 1. The van der Waals surface area contributed by atoms with Crippen molar-refractivity contribution in [1.29, 1.82) is 0 Å². The summed E-state index contributed by atoms with van der Waals surface area (Å²) in [4.78, 5) is 14.7. The van der Waals surface area contributed by atoms with Crippen LogP contribution in [0.1, 0.15) is 43.1 Å². The van der Waals surface area contributed by atoms with E-state index < -0.39 is 0 Å². The van der Waals surface area contributed by atoms with Crippen molar-refractivity contribution in [3.05, 3.63) is 35.4 Å². The lowest BCUT2D eigenvalue weighted by molar-refractivity contribution is 0.0642. The molecule has 3 heteroatoms. The molecule has 3 nitrogen and oxygen atoms in total. The normalized spacial score (nSPS) is 25.8. The van der Waals surface area contributed by atoms with Crippen molar-refractivity contribution in [2.45, 2.75) is 32.6 Å². The molecular weight excluding hydrogens is 260 g/mol. The van der Waals surface area contributed by atoms with E-state index in [1.165, 1.54) is 5.56 Å². The largest absolute Gasteiger partial charge is 0.338 e. The van der Waals surface area contributed by atoms with Crippen molar-refractivity contribution in [3.63, 3.8) is 0 Å². The van der Waals surface area contributed by atoms with E-state index >= 15 is 0 Å². The summed E-state index contributed by atoms with van der Waals surface area (Å²) in [5.74, 6) is 1.62. The third kappa shape index (κ3) is 2.98. The molecule has 0 bridgehead atoms. The van der Waals surface area contributed by atoms with Crippen LogP contribution in [-0.4, -0.2) is 37.0 Å². The molecule has 3 rings (SSSR count). The van der Waals surface area contributed by atoms with Crippen LogP contribution in [0.3, 0.4) is 0 Å². The second-order valence-corrected chi connectivity index (χ2v) is 7.55. The molecule has 1 aromatic carbocycles. The molecule has 2 fully saturated rings. The van der Waals surface area contributed by atoms with Gasteiger partial charge in [0.15, 0.2) is 0 Å². The SMILES string of the molecule is CC(C)(C)c1ccc(C(=O)N2CCC3CNCC3C2)cc1. The van der Waals surface area contributed by atoms with Gasteiger partial charge < -0.3 is 10.2 Å². The van der Waals surface area contributed by atoms with E-state index in [1.807, 2.05) is 17.0 Å². The highest BCUT2D eigenvalue weighted by Gasteiger charge is 2.34. The van der Waals surface area contributed by atoms with Gasteiger partial charge in [0.2, 0.25) is 0 Å². The number of carbonyl (C=O) groups excluding carboxylic acids is 1. The maximum atomic E-state index is 12.7. The summed E-state index contributed by atoms with van der Waals surface area (Å²) in [6.45, 7) is 10.6. The Labute approximate surface area is 127 Å². The topological polar surface area (TPSA) is 32.3 Å². The molecular formula is C18H26N2O. The molecule has 2 aliphatic heterocycles. The summed E-state index contributed by atoms with van der Waals surface area (Å²) in [6, 6.07) is 8.16. The molecule has 0 spiro atoms. The zero-order valence-corrected chi connectivity index (χ0v) is 13.4. The Kier molecular flexibility index (Phi) is 3.78. The van der Waals surface area contributed by atoms with E-state index in [0.29, 0.717) is 5.92 Å². The second-order valence-electron chi connectivity index (χ2n) is 7.55. The van der Waals surface area contributed by atoms with Crippen molar-refractivity contribution >= 4 is 5.91 Å². The summed E-state index contributed by atoms with van der Waals surface area (Å²) >= 11 is 0. The van der Waals surface area contributed by atoms with E-state index in [1.54, 1.807) is 0 Å². The minimum Gasteiger partial charge on any atom is -0.338 e. The van der Waals surface area contributed by atoms with E-state index in [4.69, 9.17) is 0 Å². The Morgan fingerprint density at radius 1 is 1.14 bits per heavy atom. The molecule has 21 heavy (non-hydrogen) atoms. The summed E-state index contributed by atoms with van der Waals surface area (Å²) in [7, 11) is 0. The van der Waals surface area contributed by atoms with Crippen molar-refractivity contribution in [2.75, 3.05) is 26.2 Å². The fourth-order valence-electron chi connectivity index (χ4n) is 3.51. The molecule has 1 N–H and O–H groups in total. The van der Waals surface area contributed by atoms with Crippen LogP contribution in [0.15, 0.2) is 24.3 Å². The Morgan fingerprint density at radius 2 is 1.81 bits per heavy atom. The number of rotatable bonds is 1. The summed E-state index contributed by atoms with van der Waals surface area (Å²) in [6.07, 6.45) is 1.14. The van der Waals surface area contributed by atoms with Gasteiger partial charge in [0.05, 0.1) is 0 Å². The first kappa shape index (κ1) is 14.6. The quantitative estimate of drug-likeness (QED) is 0.861. The number of nitrogens with zero attached hydrogens (tertiary/aromatic N) is 1. The van der Waals surface area contributed by atoms with Crippen molar-refractivity contribution < 1.29 is 4.79 Å². The Morgan fingerprint density at radius 3 is 2.48 bits per heavy atom. The fraction of sp³-hybridized carbons (Fsp3) is 0.611. The van der Waals surface area contributed by atoms with Gasteiger partial charge in [-0.1, -0.05) is 32.9 Å². The van der Waals surface area contributed by atoms with Crippen LogP contribution < -0.4 is 5.32 Å². The van der Waals surface area contributed by atoms with Crippen LogP contribution >= 0.6 is 0 Å². The first-order chi connectivity index (χ1) is 9.95. The second kappa shape index (κ2) is 5.45. The number of likely N-dealkylation sites (tertiary alicyclic amines) is 1. The number of piperidine rings is 1. The van der Waals surface area contributed by atoms with Crippen LogP contribution in [0, 0.1) is 11.8 Å². The Bertz CT molecular complexity index is 515. The van der Waals surface area contributed by atoms with E-state index in [0.717, 1.165) is 44.1 Å². The minimum atomic E-state index is 0.134. The zero-order valence-electron chi connectivity index (χ0n) is 13.4. The first-order valence-electron chi connectivity index (χ1n) is 8.05. The summed E-state index contributed by atoms with van der Waals surface area (Å²) < 4.78 is 0. The van der Waals surface area contributed by atoms with Crippen molar-refractivity contribution in [1.82, 2.24) is 10.2 Å². The number of hydrogen-bond acceptors (Lipinski definition) is 2. The third-order valence-corrected chi connectivity index (χ3v) is 4.99. The number of hydrogen-bond donors (Lipinski definition) is 1. The minimum absolute atomic E-state index is 0.134. The van der Waals surface area contributed by atoms with Gasteiger partial charge in [0.25, 0.3) is 5.91 Å². The number of benzene rings is 1. The number of amides is 1. The zero-order chi connectivity index (χ0) is 15.0. The molecule has 2 aliphatic rings. The van der Waals surface area contributed by atoms with E-state index in [2.05, 4.69) is 38.2 Å². The van der Waals surface area contributed by atoms with Crippen molar-refractivity contribution in [2.24, 2.45) is 11.8 Å². The molecule has 0 radical (unpaired) electrons. The smallest absolute Gasteiger partial charge is 0.253 e. The van der Waals surface area contributed by atoms with Gasteiger partial charge in [-0.3, -0.25) is 4.79 Å². The van der Waals surface area contributed by atoms with E-state index in [-0.39, 0.29) is 11.3 Å². The molecule has 1 amide bonds. The lowest BCUT2D eigenvalue weighted by Crippen LogP contribution is -2.43. The van der Waals surface area contributed by atoms with Crippen LogP contribution in [0.4, 0.5) is 0 Å².